The SMILES string of the molecule is CC(C)[C@H]1COc2cc(C(=O)NO)ccc2CN1C(=O)CC1CCOCC1.S. The van der Waals surface area contributed by atoms with Crippen LogP contribution >= 0.6 is 13.5 Å². The van der Waals surface area contributed by atoms with Crippen molar-refractivity contribution >= 4 is 25.3 Å². The fourth-order valence-corrected chi connectivity index (χ4v) is 3.73. The predicted molar refractivity (Wildman–Crippen MR) is 109 cm³/mol. The van der Waals surface area contributed by atoms with Crippen molar-refractivity contribution < 1.29 is 24.3 Å². The molecule has 1 aromatic carbocycles. The van der Waals surface area contributed by atoms with E-state index >= 15 is 0 Å². The van der Waals surface area contributed by atoms with Crippen molar-refractivity contribution in [1.82, 2.24) is 10.4 Å². The number of nitrogens with one attached hydrogen (secondary N) is 1. The zero-order chi connectivity index (χ0) is 19.4. The van der Waals surface area contributed by atoms with Gasteiger partial charge in [-0.2, -0.15) is 13.5 Å². The summed E-state index contributed by atoms with van der Waals surface area (Å²) >= 11 is 0. The number of benzene rings is 1. The Morgan fingerprint density at radius 1 is 1.29 bits per heavy atom. The molecule has 3 rings (SSSR count). The summed E-state index contributed by atoms with van der Waals surface area (Å²) in [6, 6.07) is 5.01. The molecule has 2 N–H and O–H groups in total. The average Bonchev–Trinajstić information content (AvgIpc) is 2.87. The monoisotopic (exact) mass is 410 g/mol. The van der Waals surface area contributed by atoms with E-state index in [9.17, 15) is 9.59 Å². The van der Waals surface area contributed by atoms with Gasteiger partial charge in [-0.3, -0.25) is 14.8 Å². The number of ether oxygens (including phenoxy) is 2. The highest BCUT2D eigenvalue weighted by molar-refractivity contribution is 7.59. The smallest absolute Gasteiger partial charge is 0.274 e. The van der Waals surface area contributed by atoms with Gasteiger partial charge in [0.15, 0.2) is 0 Å². The lowest BCUT2D eigenvalue weighted by Gasteiger charge is -2.33. The summed E-state index contributed by atoms with van der Waals surface area (Å²) in [4.78, 5) is 26.7. The summed E-state index contributed by atoms with van der Waals surface area (Å²) in [7, 11) is 0. The van der Waals surface area contributed by atoms with Crippen LogP contribution in [0.25, 0.3) is 0 Å². The topological polar surface area (TPSA) is 88.1 Å². The highest BCUT2D eigenvalue weighted by Crippen LogP contribution is 2.30. The Morgan fingerprint density at radius 3 is 2.64 bits per heavy atom. The van der Waals surface area contributed by atoms with Crippen LogP contribution in [0.1, 0.15) is 49.0 Å². The van der Waals surface area contributed by atoms with Crippen molar-refractivity contribution in [3.8, 4) is 5.75 Å². The number of hydrogen-bond donors (Lipinski definition) is 2. The summed E-state index contributed by atoms with van der Waals surface area (Å²) < 4.78 is 11.3. The Hall–Kier alpha value is -1.77. The van der Waals surface area contributed by atoms with Gasteiger partial charge in [0.1, 0.15) is 12.4 Å². The van der Waals surface area contributed by atoms with E-state index in [1.54, 1.807) is 23.7 Å². The Balaban J connectivity index is 0.00000280. The van der Waals surface area contributed by atoms with E-state index in [0.29, 0.717) is 36.8 Å². The lowest BCUT2D eigenvalue weighted by Crippen LogP contribution is -2.45. The van der Waals surface area contributed by atoms with Crippen LogP contribution < -0.4 is 10.2 Å². The minimum atomic E-state index is -0.585. The highest BCUT2D eigenvalue weighted by atomic mass is 32.1. The molecule has 156 valence electrons. The predicted octanol–water partition coefficient (Wildman–Crippen LogP) is 2.48. The summed E-state index contributed by atoms with van der Waals surface area (Å²) in [5.74, 6) is 0.771. The third kappa shape index (κ3) is 5.18. The Labute approximate surface area is 172 Å². The molecule has 1 aromatic rings. The molecule has 0 aliphatic carbocycles. The molecule has 2 aliphatic heterocycles. The molecule has 1 saturated heterocycles. The first-order chi connectivity index (χ1) is 13.0. The minimum Gasteiger partial charge on any atom is -0.491 e. The summed E-state index contributed by atoms with van der Waals surface area (Å²) in [5, 5.41) is 8.83. The van der Waals surface area contributed by atoms with Crippen molar-refractivity contribution in [1.29, 1.82) is 0 Å². The van der Waals surface area contributed by atoms with Crippen molar-refractivity contribution in [2.75, 3.05) is 19.8 Å². The van der Waals surface area contributed by atoms with Crippen LogP contribution in [0.4, 0.5) is 0 Å². The molecule has 1 fully saturated rings. The van der Waals surface area contributed by atoms with Crippen LogP contribution in [0.15, 0.2) is 18.2 Å². The van der Waals surface area contributed by atoms with E-state index in [4.69, 9.17) is 14.7 Å². The second-order valence-electron chi connectivity index (χ2n) is 7.67. The standard InChI is InChI=1S/C20H28N2O5.H2S/c1-13(2)17-12-27-18-10-15(20(24)21-25)3-4-16(18)11-22(17)19(23)9-14-5-7-26-8-6-14;/h3-4,10,13-14,17,25H,5-9,11-12H2,1-2H3,(H,21,24);1H2/t17-;/m1./s1. The first-order valence-corrected chi connectivity index (χ1v) is 9.57. The molecule has 7 nitrogen and oxygen atoms in total. The molecule has 0 radical (unpaired) electrons. The van der Waals surface area contributed by atoms with Gasteiger partial charge in [-0.05, 0) is 36.8 Å². The Bertz CT molecular complexity index is 691. The summed E-state index contributed by atoms with van der Waals surface area (Å²) in [6.45, 7) is 6.47. The molecular formula is C20H30N2O5S. The lowest BCUT2D eigenvalue weighted by molar-refractivity contribution is -0.137. The maximum atomic E-state index is 13.1. The summed E-state index contributed by atoms with van der Waals surface area (Å²) in [5.41, 5.74) is 2.82. The van der Waals surface area contributed by atoms with Crippen molar-refractivity contribution in [3.63, 3.8) is 0 Å². The second-order valence-corrected chi connectivity index (χ2v) is 7.67. The average molecular weight is 411 g/mol. The molecule has 0 unspecified atom stereocenters. The van der Waals surface area contributed by atoms with Gasteiger partial charge in [-0.25, -0.2) is 5.48 Å². The van der Waals surface area contributed by atoms with Gasteiger partial charge in [-0.15, -0.1) is 0 Å². The van der Waals surface area contributed by atoms with E-state index in [-0.39, 0.29) is 31.4 Å². The molecule has 8 heteroatoms. The number of amides is 2. The van der Waals surface area contributed by atoms with Gasteiger partial charge >= 0.3 is 0 Å². The van der Waals surface area contributed by atoms with Gasteiger partial charge in [0, 0.05) is 37.3 Å². The second kappa shape index (κ2) is 10.1. The summed E-state index contributed by atoms with van der Waals surface area (Å²) in [6.07, 6.45) is 2.39. The number of fused-ring (bicyclic) bond motifs is 1. The highest BCUT2D eigenvalue weighted by Gasteiger charge is 2.32. The zero-order valence-electron chi connectivity index (χ0n) is 16.4. The Kier molecular flexibility index (Phi) is 8.15. The molecule has 2 heterocycles. The van der Waals surface area contributed by atoms with E-state index in [0.717, 1.165) is 31.6 Å². The van der Waals surface area contributed by atoms with Crippen LogP contribution in [0, 0.1) is 11.8 Å². The van der Waals surface area contributed by atoms with Gasteiger partial charge in [0.2, 0.25) is 5.91 Å². The maximum absolute atomic E-state index is 13.1. The maximum Gasteiger partial charge on any atom is 0.274 e. The normalized spacial score (nSPS) is 19.9. The molecule has 1 atom stereocenters. The first kappa shape index (κ1) is 22.5. The third-order valence-electron chi connectivity index (χ3n) is 5.48. The third-order valence-corrected chi connectivity index (χ3v) is 5.48. The van der Waals surface area contributed by atoms with E-state index in [1.807, 2.05) is 4.90 Å². The zero-order valence-corrected chi connectivity index (χ0v) is 17.4. The van der Waals surface area contributed by atoms with E-state index < -0.39 is 5.91 Å². The number of rotatable bonds is 4. The fourth-order valence-electron chi connectivity index (χ4n) is 3.73. The van der Waals surface area contributed by atoms with Crippen LogP contribution in [0.2, 0.25) is 0 Å². The quantitative estimate of drug-likeness (QED) is 0.588. The molecule has 2 aliphatic rings. The molecule has 2 amide bonds. The number of nitrogens with zero attached hydrogens (tertiary/aromatic N) is 1. The van der Waals surface area contributed by atoms with Crippen LogP contribution in [-0.2, 0) is 16.1 Å². The number of carbonyl (C=O) groups is 2. The van der Waals surface area contributed by atoms with Crippen LogP contribution in [0.5, 0.6) is 5.75 Å². The molecule has 0 spiro atoms. The van der Waals surface area contributed by atoms with Gasteiger partial charge in [0.25, 0.3) is 5.91 Å². The molecule has 28 heavy (non-hydrogen) atoms. The van der Waals surface area contributed by atoms with Crippen LogP contribution in [-0.4, -0.2) is 47.8 Å². The molecule has 0 saturated carbocycles. The van der Waals surface area contributed by atoms with Crippen molar-refractivity contribution in [3.05, 3.63) is 29.3 Å². The van der Waals surface area contributed by atoms with Crippen LogP contribution in [0.3, 0.4) is 0 Å². The number of hydrogen-bond acceptors (Lipinski definition) is 5. The first-order valence-electron chi connectivity index (χ1n) is 9.57. The van der Waals surface area contributed by atoms with Crippen molar-refractivity contribution in [2.24, 2.45) is 11.8 Å². The minimum absolute atomic E-state index is 0. The molecule has 0 bridgehead atoms. The Morgan fingerprint density at radius 2 is 2.00 bits per heavy atom. The number of hydroxylamine groups is 1. The lowest BCUT2D eigenvalue weighted by atomic mass is 9.94. The fraction of sp³-hybridized carbons (Fsp3) is 0.600. The van der Waals surface area contributed by atoms with E-state index in [2.05, 4.69) is 13.8 Å². The molecule has 0 aromatic heterocycles. The molecular weight excluding hydrogens is 380 g/mol. The largest absolute Gasteiger partial charge is 0.491 e. The van der Waals surface area contributed by atoms with Crippen molar-refractivity contribution in [2.45, 2.75) is 45.7 Å². The van der Waals surface area contributed by atoms with Gasteiger partial charge in [-0.1, -0.05) is 19.9 Å². The van der Waals surface area contributed by atoms with Gasteiger partial charge < -0.3 is 14.4 Å². The van der Waals surface area contributed by atoms with E-state index in [1.165, 1.54) is 0 Å². The number of carbonyl (C=O) groups excluding carboxylic acids is 2. The van der Waals surface area contributed by atoms with Gasteiger partial charge in [0.05, 0.1) is 6.04 Å².